The van der Waals surface area contributed by atoms with Gasteiger partial charge in [-0.3, -0.25) is 0 Å². The van der Waals surface area contributed by atoms with Gasteiger partial charge < -0.3 is 11.1 Å². The van der Waals surface area contributed by atoms with Crippen molar-refractivity contribution in [1.29, 1.82) is 0 Å². The Labute approximate surface area is 120 Å². The minimum absolute atomic E-state index is 0.487. The predicted octanol–water partition coefficient (Wildman–Crippen LogP) is 3.48. The zero-order chi connectivity index (χ0) is 13.4. The van der Waals surface area contributed by atoms with Gasteiger partial charge in [-0.1, -0.05) is 23.8 Å². The standard InChI is InChI=1S/C16H22N2S/c1-10-2-7-15(13(8-10)16(17)19)18-9-14(11-3-4-11)12-5-6-12/h2,7-8,11-12,14,18H,3-6,9H2,1H3,(H2,17,19). The van der Waals surface area contributed by atoms with E-state index in [1.54, 1.807) is 0 Å². The normalized spacial score (nSPS) is 18.6. The van der Waals surface area contributed by atoms with Crippen LogP contribution >= 0.6 is 12.2 Å². The van der Waals surface area contributed by atoms with E-state index in [0.29, 0.717) is 4.99 Å². The van der Waals surface area contributed by atoms with Gasteiger partial charge in [0.25, 0.3) is 0 Å². The van der Waals surface area contributed by atoms with Crippen LogP contribution < -0.4 is 11.1 Å². The van der Waals surface area contributed by atoms with Gasteiger partial charge in [-0.2, -0.15) is 0 Å². The van der Waals surface area contributed by atoms with E-state index in [0.717, 1.165) is 35.5 Å². The first-order valence-electron chi connectivity index (χ1n) is 7.29. The third-order valence-electron chi connectivity index (χ3n) is 4.42. The quantitative estimate of drug-likeness (QED) is 0.780. The molecule has 0 spiro atoms. The van der Waals surface area contributed by atoms with Crippen LogP contribution in [-0.2, 0) is 0 Å². The number of rotatable bonds is 6. The number of hydrogen-bond donors (Lipinski definition) is 2. The Morgan fingerprint density at radius 3 is 2.47 bits per heavy atom. The highest BCUT2D eigenvalue weighted by Gasteiger charge is 2.41. The number of nitrogens with one attached hydrogen (secondary N) is 1. The van der Waals surface area contributed by atoms with Gasteiger partial charge in [0, 0.05) is 17.8 Å². The molecule has 0 atom stereocenters. The van der Waals surface area contributed by atoms with Crippen molar-refractivity contribution < 1.29 is 0 Å². The Morgan fingerprint density at radius 1 is 1.32 bits per heavy atom. The van der Waals surface area contributed by atoms with Crippen LogP contribution in [0.2, 0.25) is 0 Å². The van der Waals surface area contributed by atoms with E-state index in [1.807, 2.05) is 0 Å². The maximum atomic E-state index is 5.83. The molecule has 3 N–H and O–H groups in total. The second-order valence-electron chi connectivity index (χ2n) is 6.13. The van der Waals surface area contributed by atoms with Gasteiger partial charge in [0.1, 0.15) is 4.99 Å². The van der Waals surface area contributed by atoms with Crippen LogP contribution in [0.5, 0.6) is 0 Å². The van der Waals surface area contributed by atoms with Crippen molar-refractivity contribution >= 4 is 22.9 Å². The molecular formula is C16H22N2S. The Kier molecular flexibility index (Phi) is 3.48. The van der Waals surface area contributed by atoms with Gasteiger partial charge in [0.15, 0.2) is 0 Å². The summed E-state index contributed by atoms with van der Waals surface area (Å²) in [5, 5.41) is 3.60. The molecule has 2 saturated carbocycles. The molecule has 0 amide bonds. The molecule has 0 aliphatic heterocycles. The van der Waals surface area contributed by atoms with Crippen LogP contribution in [0.4, 0.5) is 5.69 Å². The average molecular weight is 274 g/mol. The minimum Gasteiger partial charge on any atom is -0.389 e. The zero-order valence-corrected chi connectivity index (χ0v) is 12.3. The molecule has 0 aromatic heterocycles. The first-order chi connectivity index (χ1) is 9.15. The average Bonchev–Trinajstić information content (AvgIpc) is 3.25. The van der Waals surface area contributed by atoms with Gasteiger partial charge >= 0.3 is 0 Å². The van der Waals surface area contributed by atoms with Gasteiger partial charge in [-0.05, 0) is 62.5 Å². The molecule has 2 aliphatic carbocycles. The largest absolute Gasteiger partial charge is 0.389 e. The first-order valence-corrected chi connectivity index (χ1v) is 7.70. The fourth-order valence-corrected chi connectivity index (χ4v) is 3.18. The van der Waals surface area contributed by atoms with Crippen molar-refractivity contribution in [3.8, 4) is 0 Å². The van der Waals surface area contributed by atoms with E-state index in [9.17, 15) is 0 Å². The lowest BCUT2D eigenvalue weighted by Crippen LogP contribution is -2.20. The molecule has 0 saturated heterocycles. The molecule has 19 heavy (non-hydrogen) atoms. The zero-order valence-electron chi connectivity index (χ0n) is 11.5. The molecule has 1 aromatic carbocycles. The molecule has 2 fully saturated rings. The molecule has 1 aromatic rings. The highest BCUT2D eigenvalue weighted by molar-refractivity contribution is 7.80. The molecule has 0 radical (unpaired) electrons. The second kappa shape index (κ2) is 5.12. The van der Waals surface area contributed by atoms with Crippen LogP contribution in [0.25, 0.3) is 0 Å². The fourth-order valence-electron chi connectivity index (χ4n) is 3.01. The number of aryl methyl sites for hydroxylation is 1. The summed E-state index contributed by atoms with van der Waals surface area (Å²) in [5.41, 5.74) is 9.12. The molecule has 0 unspecified atom stereocenters. The maximum absolute atomic E-state index is 5.83. The van der Waals surface area contributed by atoms with Crippen LogP contribution in [0, 0.1) is 24.7 Å². The lowest BCUT2D eigenvalue weighted by molar-refractivity contribution is 0.428. The first kappa shape index (κ1) is 12.9. The van der Waals surface area contributed by atoms with Gasteiger partial charge in [-0.25, -0.2) is 0 Å². The van der Waals surface area contributed by atoms with E-state index in [-0.39, 0.29) is 0 Å². The molecule has 3 rings (SSSR count). The number of anilines is 1. The Bertz CT molecular complexity index is 478. The number of nitrogens with two attached hydrogens (primary N) is 1. The van der Waals surface area contributed by atoms with Crippen LogP contribution in [0.15, 0.2) is 18.2 Å². The topological polar surface area (TPSA) is 38.0 Å². The van der Waals surface area contributed by atoms with E-state index < -0.39 is 0 Å². The number of thiocarbonyl (C=S) groups is 1. The molecule has 2 aliphatic rings. The maximum Gasteiger partial charge on any atom is 0.106 e. The molecule has 102 valence electrons. The minimum atomic E-state index is 0.487. The summed E-state index contributed by atoms with van der Waals surface area (Å²) in [6, 6.07) is 6.31. The summed E-state index contributed by atoms with van der Waals surface area (Å²) in [7, 11) is 0. The fraction of sp³-hybridized carbons (Fsp3) is 0.562. The summed E-state index contributed by atoms with van der Waals surface area (Å²) in [5.74, 6) is 2.80. The Morgan fingerprint density at radius 2 is 1.95 bits per heavy atom. The van der Waals surface area contributed by atoms with E-state index in [4.69, 9.17) is 18.0 Å². The molecule has 2 nitrogen and oxygen atoms in total. The molecular weight excluding hydrogens is 252 g/mol. The van der Waals surface area contributed by atoms with Crippen molar-refractivity contribution in [3.05, 3.63) is 29.3 Å². The van der Waals surface area contributed by atoms with Crippen molar-refractivity contribution in [2.24, 2.45) is 23.5 Å². The molecule has 0 bridgehead atoms. The van der Waals surface area contributed by atoms with Gasteiger partial charge in [0.2, 0.25) is 0 Å². The monoisotopic (exact) mass is 274 g/mol. The van der Waals surface area contributed by atoms with E-state index in [1.165, 1.54) is 31.2 Å². The van der Waals surface area contributed by atoms with Crippen LogP contribution in [0.3, 0.4) is 0 Å². The predicted molar refractivity (Wildman–Crippen MR) is 84.5 cm³/mol. The van der Waals surface area contributed by atoms with Gasteiger partial charge in [0.05, 0.1) is 0 Å². The van der Waals surface area contributed by atoms with Crippen molar-refractivity contribution in [2.45, 2.75) is 32.6 Å². The summed E-state index contributed by atoms with van der Waals surface area (Å²) in [6.45, 7) is 3.15. The SMILES string of the molecule is Cc1ccc(NCC(C2CC2)C2CC2)c(C(N)=S)c1. The highest BCUT2D eigenvalue weighted by atomic mass is 32.1. The van der Waals surface area contributed by atoms with Crippen LogP contribution in [-0.4, -0.2) is 11.5 Å². The lowest BCUT2D eigenvalue weighted by Gasteiger charge is -2.19. The third kappa shape index (κ3) is 3.08. The number of benzene rings is 1. The summed E-state index contributed by atoms with van der Waals surface area (Å²) in [6.07, 6.45) is 5.72. The molecule has 3 heteroatoms. The summed E-state index contributed by atoms with van der Waals surface area (Å²) >= 11 is 5.15. The second-order valence-corrected chi connectivity index (χ2v) is 6.57. The molecule has 0 heterocycles. The van der Waals surface area contributed by atoms with Crippen molar-refractivity contribution in [3.63, 3.8) is 0 Å². The lowest BCUT2D eigenvalue weighted by atomic mass is 9.97. The smallest absolute Gasteiger partial charge is 0.106 e. The Hall–Kier alpha value is -1.09. The van der Waals surface area contributed by atoms with Crippen LogP contribution in [0.1, 0.15) is 36.8 Å². The van der Waals surface area contributed by atoms with E-state index in [2.05, 4.69) is 30.4 Å². The highest BCUT2D eigenvalue weighted by Crippen LogP contribution is 2.49. The van der Waals surface area contributed by atoms with E-state index >= 15 is 0 Å². The van der Waals surface area contributed by atoms with Crippen molar-refractivity contribution in [1.82, 2.24) is 0 Å². The summed E-state index contributed by atoms with van der Waals surface area (Å²) in [4.78, 5) is 0.487. The van der Waals surface area contributed by atoms with Gasteiger partial charge in [-0.15, -0.1) is 0 Å². The third-order valence-corrected chi connectivity index (χ3v) is 4.64. The number of hydrogen-bond acceptors (Lipinski definition) is 2. The Balaban J connectivity index is 1.70. The summed E-state index contributed by atoms with van der Waals surface area (Å²) < 4.78 is 0. The van der Waals surface area contributed by atoms with Crippen molar-refractivity contribution in [2.75, 3.05) is 11.9 Å².